The second kappa shape index (κ2) is 11.0. The molecule has 1 aliphatic heterocycles. The topological polar surface area (TPSA) is 42.3 Å². The largest absolute Gasteiger partial charge is 0.457 e. The minimum atomic E-state index is -0.106. The van der Waals surface area contributed by atoms with Gasteiger partial charge in [0, 0.05) is 29.0 Å². The molecule has 1 saturated heterocycles. The Hall–Kier alpha value is -4.42. The first-order valence-electron chi connectivity index (χ1n) is 13.6. The maximum atomic E-state index is 6.05. The number of hydrogen-bond donors (Lipinski definition) is 1. The third-order valence-corrected chi connectivity index (χ3v) is 7.90. The molecule has 5 nitrogen and oxygen atoms in total. The van der Waals surface area contributed by atoms with Gasteiger partial charge in [-0.2, -0.15) is 0 Å². The Balaban J connectivity index is 1.41. The number of nitrogens with zero attached hydrogens (tertiary/aromatic N) is 3. The molecule has 40 heavy (non-hydrogen) atoms. The Morgan fingerprint density at radius 1 is 0.825 bits per heavy atom. The van der Waals surface area contributed by atoms with E-state index >= 15 is 0 Å². The molecule has 0 radical (unpaired) electrons. The van der Waals surface area contributed by atoms with Crippen LogP contribution in [-0.4, -0.2) is 14.7 Å². The molecule has 0 spiro atoms. The van der Waals surface area contributed by atoms with Crippen LogP contribution in [0.1, 0.15) is 47.2 Å². The fourth-order valence-corrected chi connectivity index (χ4v) is 5.96. The van der Waals surface area contributed by atoms with Crippen molar-refractivity contribution in [2.24, 2.45) is 0 Å². The quantitative estimate of drug-likeness (QED) is 0.210. The number of anilines is 1. The fourth-order valence-electron chi connectivity index (χ4n) is 5.61. The Bertz CT molecular complexity index is 1610. The van der Waals surface area contributed by atoms with Gasteiger partial charge in [0.15, 0.2) is 5.11 Å². The summed E-state index contributed by atoms with van der Waals surface area (Å²) >= 11 is 5.97. The summed E-state index contributed by atoms with van der Waals surface area (Å²) in [7, 11) is 0. The van der Waals surface area contributed by atoms with Crippen LogP contribution >= 0.6 is 12.2 Å². The molecule has 0 amide bonds. The van der Waals surface area contributed by atoms with Crippen LogP contribution < -0.4 is 15.0 Å². The zero-order valence-corrected chi connectivity index (χ0v) is 23.7. The zero-order valence-electron chi connectivity index (χ0n) is 22.9. The lowest BCUT2D eigenvalue weighted by Crippen LogP contribution is -2.29. The maximum Gasteiger partial charge on any atom is 0.174 e. The number of aryl methyl sites for hydroxylation is 2. The average molecular weight is 545 g/mol. The molecule has 5 aromatic rings. The maximum absolute atomic E-state index is 6.05. The molecule has 3 heterocycles. The molecule has 0 aliphatic carbocycles. The Morgan fingerprint density at radius 3 is 2.17 bits per heavy atom. The second-order valence-electron chi connectivity index (χ2n) is 10.1. The highest BCUT2D eigenvalue weighted by atomic mass is 32.1. The molecule has 1 N–H and O–H groups in total. The number of ether oxygens (including phenoxy) is 1. The highest BCUT2D eigenvalue weighted by Gasteiger charge is 2.42. The van der Waals surface area contributed by atoms with Crippen molar-refractivity contribution in [1.29, 1.82) is 0 Å². The number of benzene rings is 3. The van der Waals surface area contributed by atoms with Gasteiger partial charge in [0.2, 0.25) is 0 Å². The number of nitrogens with one attached hydrogen (secondary N) is 1. The van der Waals surface area contributed by atoms with Gasteiger partial charge in [0.05, 0.1) is 17.8 Å². The average Bonchev–Trinajstić information content (AvgIpc) is 3.49. The SMILES string of the molecule is CCc1ccc(-n2c(C)cc([C@@H]3[C@H](c4ccccn4)NC(=S)N3c3ccc(Oc4ccccc4)cc3)c2C)cc1. The van der Waals surface area contributed by atoms with Crippen molar-refractivity contribution in [3.63, 3.8) is 0 Å². The molecule has 3 aromatic carbocycles. The van der Waals surface area contributed by atoms with E-state index in [-0.39, 0.29) is 12.1 Å². The monoisotopic (exact) mass is 544 g/mol. The van der Waals surface area contributed by atoms with Crippen molar-refractivity contribution in [2.45, 2.75) is 39.3 Å². The first-order chi connectivity index (χ1) is 19.5. The van der Waals surface area contributed by atoms with E-state index in [4.69, 9.17) is 21.9 Å². The van der Waals surface area contributed by atoms with E-state index in [1.54, 1.807) is 0 Å². The summed E-state index contributed by atoms with van der Waals surface area (Å²) in [5, 5.41) is 4.26. The van der Waals surface area contributed by atoms with Crippen molar-refractivity contribution in [2.75, 3.05) is 4.90 Å². The third kappa shape index (κ3) is 4.87. The molecule has 1 fully saturated rings. The first kappa shape index (κ1) is 25.8. The molecule has 1 aliphatic rings. The summed E-state index contributed by atoms with van der Waals surface area (Å²) in [5.74, 6) is 1.58. The van der Waals surface area contributed by atoms with Gasteiger partial charge in [-0.3, -0.25) is 4.98 Å². The van der Waals surface area contributed by atoms with E-state index in [2.05, 4.69) is 84.1 Å². The van der Waals surface area contributed by atoms with Crippen LogP contribution in [0.5, 0.6) is 11.5 Å². The van der Waals surface area contributed by atoms with Crippen LogP contribution in [0, 0.1) is 13.8 Å². The van der Waals surface area contributed by atoms with Gasteiger partial charge >= 0.3 is 0 Å². The molecule has 2 atom stereocenters. The van der Waals surface area contributed by atoms with Gasteiger partial charge in [-0.1, -0.05) is 43.3 Å². The number of hydrogen-bond acceptors (Lipinski definition) is 3. The normalized spacial score (nSPS) is 16.7. The highest BCUT2D eigenvalue weighted by molar-refractivity contribution is 7.80. The number of pyridine rings is 1. The summed E-state index contributed by atoms with van der Waals surface area (Å²) in [6.45, 7) is 6.55. The lowest BCUT2D eigenvalue weighted by atomic mass is 9.96. The fraction of sp³-hybridized carbons (Fsp3) is 0.176. The molecular formula is C34H32N4OS. The minimum Gasteiger partial charge on any atom is -0.457 e. The van der Waals surface area contributed by atoms with Crippen molar-refractivity contribution >= 4 is 23.0 Å². The van der Waals surface area contributed by atoms with Crippen LogP contribution in [0.4, 0.5) is 5.69 Å². The smallest absolute Gasteiger partial charge is 0.174 e. The van der Waals surface area contributed by atoms with Crippen LogP contribution in [-0.2, 0) is 6.42 Å². The van der Waals surface area contributed by atoms with Crippen molar-refractivity contribution in [3.05, 3.63) is 138 Å². The summed E-state index contributed by atoms with van der Waals surface area (Å²) in [4.78, 5) is 6.94. The van der Waals surface area contributed by atoms with E-state index < -0.39 is 0 Å². The molecule has 0 saturated carbocycles. The minimum absolute atomic E-state index is 0.0850. The molecular weight excluding hydrogens is 512 g/mol. The Kier molecular flexibility index (Phi) is 7.10. The van der Waals surface area contributed by atoms with Gasteiger partial charge in [-0.15, -0.1) is 0 Å². The van der Waals surface area contributed by atoms with Gasteiger partial charge in [-0.25, -0.2) is 0 Å². The summed E-state index contributed by atoms with van der Waals surface area (Å²) < 4.78 is 8.38. The van der Waals surface area contributed by atoms with Gasteiger partial charge < -0.3 is 19.5 Å². The lowest BCUT2D eigenvalue weighted by Gasteiger charge is -2.28. The van der Waals surface area contributed by atoms with Gasteiger partial charge in [-0.05, 0) is 110 Å². The molecule has 200 valence electrons. The molecule has 6 heteroatoms. The lowest BCUT2D eigenvalue weighted by molar-refractivity contribution is 0.482. The van der Waals surface area contributed by atoms with E-state index in [1.165, 1.54) is 22.5 Å². The van der Waals surface area contributed by atoms with Crippen LogP contribution in [0.15, 0.2) is 109 Å². The number of rotatable bonds is 7. The van der Waals surface area contributed by atoms with Crippen molar-refractivity contribution in [3.8, 4) is 17.2 Å². The van der Waals surface area contributed by atoms with Crippen LogP contribution in [0.25, 0.3) is 5.69 Å². The molecule has 6 rings (SSSR count). The standard InChI is InChI=1S/C34H32N4OS/c1-4-25-13-15-26(16-14-25)37-23(2)22-30(24(37)3)33-32(31-12-8-9-21-35-31)36-34(40)38(33)27-17-19-29(20-18-27)39-28-10-6-5-7-11-28/h5-22,32-33H,4H2,1-3H3,(H,36,40)/t32-,33+/m0/s1. The summed E-state index contributed by atoms with van der Waals surface area (Å²) in [6.07, 6.45) is 2.87. The van der Waals surface area contributed by atoms with Gasteiger partial charge in [0.25, 0.3) is 0 Å². The first-order valence-corrected chi connectivity index (χ1v) is 14.1. The summed E-state index contributed by atoms with van der Waals surface area (Å²) in [6, 6.07) is 34.9. The predicted molar refractivity (Wildman–Crippen MR) is 166 cm³/mol. The zero-order chi connectivity index (χ0) is 27.6. The van der Waals surface area contributed by atoms with Gasteiger partial charge in [0.1, 0.15) is 11.5 Å². The van der Waals surface area contributed by atoms with E-state index in [0.29, 0.717) is 5.11 Å². The molecule has 0 unspecified atom stereocenters. The van der Waals surface area contributed by atoms with E-state index in [1.807, 2.05) is 60.8 Å². The Labute approximate surface area is 241 Å². The van der Waals surface area contributed by atoms with Crippen LogP contribution in [0.3, 0.4) is 0 Å². The molecule has 0 bridgehead atoms. The number of aromatic nitrogens is 2. The van der Waals surface area contributed by atoms with E-state index in [9.17, 15) is 0 Å². The second-order valence-corrected chi connectivity index (χ2v) is 10.5. The Morgan fingerprint density at radius 2 is 1.50 bits per heavy atom. The summed E-state index contributed by atoms with van der Waals surface area (Å²) in [5.41, 5.74) is 8.03. The predicted octanol–water partition coefficient (Wildman–Crippen LogP) is 8.02. The van der Waals surface area contributed by atoms with Crippen molar-refractivity contribution in [1.82, 2.24) is 14.9 Å². The van der Waals surface area contributed by atoms with Crippen molar-refractivity contribution < 1.29 is 4.74 Å². The van der Waals surface area contributed by atoms with E-state index in [0.717, 1.165) is 35.0 Å². The van der Waals surface area contributed by atoms with Crippen LogP contribution in [0.2, 0.25) is 0 Å². The highest BCUT2D eigenvalue weighted by Crippen LogP contribution is 2.44. The molecule has 2 aromatic heterocycles. The third-order valence-electron chi connectivity index (χ3n) is 7.58. The number of para-hydroxylation sites is 1. The number of thiocarbonyl (C=S) groups is 1.